The second-order valence-corrected chi connectivity index (χ2v) is 7.14. The van der Waals surface area contributed by atoms with Crippen LogP contribution in [-0.2, 0) is 13.6 Å². The largest absolute Gasteiger partial charge is 0.337 e. The predicted molar refractivity (Wildman–Crippen MR) is 105 cm³/mol. The summed E-state index contributed by atoms with van der Waals surface area (Å²) in [5.74, 6) is 2.40. The number of rotatable bonds is 5. The van der Waals surface area contributed by atoms with Crippen LogP contribution >= 0.6 is 0 Å². The lowest BCUT2D eigenvalue weighted by atomic mass is 10.1. The van der Waals surface area contributed by atoms with Gasteiger partial charge in [0.05, 0.1) is 23.8 Å². The first-order valence-corrected chi connectivity index (χ1v) is 9.33. The summed E-state index contributed by atoms with van der Waals surface area (Å²) in [7, 11) is 2.04. The van der Waals surface area contributed by atoms with Gasteiger partial charge in [-0.1, -0.05) is 6.07 Å². The zero-order valence-corrected chi connectivity index (χ0v) is 16.1. The van der Waals surface area contributed by atoms with Gasteiger partial charge in [-0.05, 0) is 44.9 Å². The SMILES string of the molecule is Cc1nc(Nc2ncccc2C)cc([C@H]2CCCN2Cc2cncn2C)n1. The van der Waals surface area contributed by atoms with Gasteiger partial charge >= 0.3 is 0 Å². The van der Waals surface area contributed by atoms with Crippen LogP contribution < -0.4 is 5.32 Å². The highest BCUT2D eigenvalue weighted by Gasteiger charge is 2.28. The molecule has 3 aromatic rings. The Morgan fingerprint density at radius 2 is 2.15 bits per heavy atom. The third-order valence-electron chi connectivity index (χ3n) is 5.10. The molecule has 4 rings (SSSR count). The summed E-state index contributed by atoms with van der Waals surface area (Å²) in [4.78, 5) is 20.4. The van der Waals surface area contributed by atoms with E-state index in [2.05, 4.69) is 35.8 Å². The number of likely N-dealkylation sites (tertiary alicyclic amines) is 1. The molecule has 0 saturated carbocycles. The summed E-state index contributed by atoms with van der Waals surface area (Å²) < 4.78 is 2.08. The highest BCUT2D eigenvalue weighted by molar-refractivity contribution is 5.55. The first kappa shape index (κ1) is 17.6. The normalized spacial score (nSPS) is 17.4. The van der Waals surface area contributed by atoms with E-state index < -0.39 is 0 Å². The number of nitrogens with one attached hydrogen (secondary N) is 1. The molecular formula is C20H25N7. The molecule has 4 heterocycles. The number of aryl methyl sites for hydroxylation is 3. The third-order valence-corrected chi connectivity index (χ3v) is 5.10. The second-order valence-electron chi connectivity index (χ2n) is 7.14. The average Bonchev–Trinajstić information content (AvgIpc) is 3.26. The van der Waals surface area contributed by atoms with Gasteiger partial charge in [0.1, 0.15) is 17.5 Å². The fourth-order valence-corrected chi connectivity index (χ4v) is 3.66. The number of imidazole rings is 1. The first-order chi connectivity index (χ1) is 13.1. The average molecular weight is 363 g/mol. The Labute approximate surface area is 159 Å². The minimum absolute atomic E-state index is 0.298. The number of aromatic nitrogens is 5. The minimum atomic E-state index is 0.298. The quantitative estimate of drug-likeness (QED) is 0.750. The third kappa shape index (κ3) is 3.83. The van der Waals surface area contributed by atoms with E-state index in [1.165, 1.54) is 12.1 Å². The van der Waals surface area contributed by atoms with E-state index in [0.717, 1.165) is 48.2 Å². The van der Waals surface area contributed by atoms with Crippen LogP contribution in [0, 0.1) is 13.8 Å². The van der Waals surface area contributed by atoms with Crippen molar-refractivity contribution in [3.8, 4) is 0 Å². The molecule has 1 aliphatic rings. The van der Waals surface area contributed by atoms with Crippen molar-refractivity contribution in [2.45, 2.75) is 39.3 Å². The first-order valence-electron chi connectivity index (χ1n) is 9.33. The molecule has 7 heteroatoms. The van der Waals surface area contributed by atoms with E-state index in [9.17, 15) is 0 Å². The minimum Gasteiger partial charge on any atom is -0.337 e. The monoisotopic (exact) mass is 363 g/mol. The van der Waals surface area contributed by atoms with Crippen LogP contribution in [-0.4, -0.2) is 35.9 Å². The Kier molecular flexibility index (Phi) is 4.85. The van der Waals surface area contributed by atoms with Crippen molar-refractivity contribution in [3.05, 3.63) is 59.7 Å². The van der Waals surface area contributed by atoms with Crippen molar-refractivity contribution in [2.24, 2.45) is 7.05 Å². The fraction of sp³-hybridized carbons (Fsp3) is 0.400. The number of anilines is 2. The Bertz CT molecular complexity index is 934. The van der Waals surface area contributed by atoms with Crippen LogP contribution in [0.15, 0.2) is 36.9 Å². The van der Waals surface area contributed by atoms with Gasteiger partial charge in [0.25, 0.3) is 0 Å². The molecular weight excluding hydrogens is 338 g/mol. The van der Waals surface area contributed by atoms with Gasteiger partial charge in [0.15, 0.2) is 0 Å². The molecule has 27 heavy (non-hydrogen) atoms. The zero-order chi connectivity index (χ0) is 18.8. The smallest absolute Gasteiger partial charge is 0.135 e. The summed E-state index contributed by atoms with van der Waals surface area (Å²) in [6.07, 6.45) is 7.87. The van der Waals surface area contributed by atoms with Crippen LogP contribution in [0.5, 0.6) is 0 Å². The van der Waals surface area contributed by atoms with Gasteiger partial charge in [0.2, 0.25) is 0 Å². The molecule has 0 aliphatic carbocycles. The van der Waals surface area contributed by atoms with E-state index in [4.69, 9.17) is 4.98 Å². The molecule has 0 bridgehead atoms. The maximum absolute atomic E-state index is 4.75. The molecule has 1 saturated heterocycles. The molecule has 0 radical (unpaired) electrons. The summed E-state index contributed by atoms with van der Waals surface area (Å²) in [6.45, 7) is 5.94. The van der Waals surface area contributed by atoms with Crippen molar-refractivity contribution in [1.29, 1.82) is 0 Å². The topological polar surface area (TPSA) is 71.8 Å². The molecule has 0 spiro atoms. The maximum Gasteiger partial charge on any atom is 0.135 e. The fourth-order valence-electron chi connectivity index (χ4n) is 3.66. The van der Waals surface area contributed by atoms with Crippen LogP contribution in [0.1, 0.15) is 41.7 Å². The molecule has 0 aromatic carbocycles. The van der Waals surface area contributed by atoms with E-state index in [0.29, 0.717) is 6.04 Å². The van der Waals surface area contributed by atoms with Gasteiger partial charge in [-0.2, -0.15) is 0 Å². The highest BCUT2D eigenvalue weighted by Crippen LogP contribution is 2.33. The van der Waals surface area contributed by atoms with Crippen LogP contribution in [0.3, 0.4) is 0 Å². The molecule has 3 aromatic heterocycles. The number of hydrogen-bond donors (Lipinski definition) is 1. The summed E-state index contributed by atoms with van der Waals surface area (Å²) in [6, 6.07) is 6.34. The molecule has 1 fully saturated rings. The lowest BCUT2D eigenvalue weighted by Gasteiger charge is -2.24. The Morgan fingerprint density at radius 3 is 2.93 bits per heavy atom. The van der Waals surface area contributed by atoms with Crippen molar-refractivity contribution in [3.63, 3.8) is 0 Å². The number of pyridine rings is 1. The van der Waals surface area contributed by atoms with E-state index in [-0.39, 0.29) is 0 Å². The maximum atomic E-state index is 4.75. The molecule has 0 amide bonds. The lowest BCUT2D eigenvalue weighted by Crippen LogP contribution is -2.25. The molecule has 1 atom stereocenters. The molecule has 1 aliphatic heterocycles. The van der Waals surface area contributed by atoms with Gasteiger partial charge in [-0.25, -0.2) is 19.9 Å². The molecule has 140 valence electrons. The van der Waals surface area contributed by atoms with Crippen molar-refractivity contribution in [2.75, 3.05) is 11.9 Å². The van der Waals surface area contributed by atoms with Gasteiger partial charge in [0, 0.05) is 32.1 Å². The van der Waals surface area contributed by atoms with Crippen LogP contribution in [0.4, 0.5) is 11.6 Å². The van der Waals surface area contributed by atoms with Crippen LogP contribution in [0.25, 0.3) is 0 Å². The molecule has 0 unspecified atom stereocenters. The van der Waals surface area contributed by atoms with Crippen molar-refractivity contribution < 1.29 is 0 Å². The summed E-state index contributed by atoms with van der Waals surface area (Å²) in [5, 5.41) is 3.35. The summed E-state index contributed by atoms with van der Waals surface area (Å²) in [5.41, 5.74) is 3.38. The van der Waals surface area contributed by atoms with Crippen molar-refractivity contribution in [1.82, 2.24) is 29.4 Å². The van der Waals surface area contributed by atoms with E-state index in [1.807, 2.05) is 45.6 Å². The Balaban J connectivity index is 1.58. The number of nitrogens with zero attached hydrogens (tertiary/aromatic N) is 6. The van der Waals surface area contributed by atoms with Crippen LogP contribution in [0.2, 0.25) is 0 Å². The number of hydrogen-bond acceptors (Lipinski definition) is 6. The standard InChI is InChI=1S/C20H25N7/c1-14-6-4-8-22-20(14)25-19-10-17(23-15(2)24-19)18-7-5-9-27(18)12-16-11-21-13-26(16)3/h4,6,8,10-11,13,18H,5,7,9,12H2,1-3H3,(H,22,23,24,25)/t18-/m1/s1. The molecule has 1 N–H and O–H groups in total. The van der Waals surface area contributed by atoms with Gasteiger partial charge < -0.3 is 9.88 Å². The Morgan fingerprint density at radius 1 is 1.26 bits per heavy atom. The molecule has 7 nitrogen and oxygen atoms in total. The lowest BCUT2D eigenvalue weighted by molar-refractivity contribution is 0.239. The Hall–Kier alpha value is -2.80. The predicted octanol–water partition coefficient (Wildman–Crippen LogP) is 3.30. The van der Waals surface area contributed by atoms with Crippen molar-refractivity contribution >= 4 is 11.6 Å². The van der Waals surface area contributed by atoms with E-state index >= 15 is 0 Å². The van der Waals surface area contributed by atoms with Gasteiger partial charge in [-0.15, -0.1) is 0 Å². The zero-order valence-electron chi connectivity index (χ0n) is 16.1. The highest BCUT2D eigenvalue weighted by atomic mass is 15.2. The second kappa shape index (κ2) is 7.44. The summed E-state index contributed by atoms with van der Waals surface area (Å²) >= 11 is 0. The van der Waals surface area contributed by atoms with E-state index in [1.54, 1.807) is 6.20 Å². The van der Waals surface area contributed by atoms with Gasteiger partial charge in [-0.3, -0.25) is 4.90 Å².